The predicted molar refractivity (Wildman–Crippen MR) is 52.0 cm³/mol. The lowest BCUT2D eigenvalue weighted by Gasteiger charge is -2.00. The van der Waals surface area contributed by atoms with Crippen molar-refractivity contribution in [3.05, 3.63) is 35.4 Å². The van der Waals surface area contributed by atoms with Gasteiger partial charge in [-0.15, -0.1) is 11.6 Å². The highest BCUT2D eigenvalue weighted by Crippen LogP contribution is 2.09. The molecule has 0 atom stereocenters. The van der Waals surface area contributed by atoms with Gasteiger partial charge in [0.25, 0.3) is 0 Å². The standard InChI is InChI=1S/C10H11ClO2/c11-7-9-3-1-2-8(6-9)4-5-10(12)13/h1-3,6H,4-5,7H2,(H,12,13). The van der Waals surface area contributed by atoms with Crippen LogP contribution in [0, 0.1) is 0 Å². The van der Waals surface area contributed by atoms with Crippen molar-refractivity contribution in [1.82, 2.24) is 0 Å². The number of hydrogen-bond donors (Lipinski definition) is 1. The number of carbonyl (C=O) groups is 1. The Labute approximate surface area is 82.2 Å². The lowest BCUT2D eigenvalue weighted by Crippen LogP contribution is -1.97. The first-order valence-corrected chi connectivity index (χ1v) is 4.61. The summed E-state index contributed by atoms with van der Waals surface area (Å²) in [4.78, 5) is 10.3. The second-order valence-electron chi connectivity index (χ2n) is 2.85. The number of rotatable bonds is 4. The van der Waals surface area contributed by atoms with Crippen LogP contribution in [0.4, 0.5) is 0 Å². The molecule has 0 aliphatic rings. The van der Waals surface area contributed by atoms with E-state index in [1.165, 1.54) is 0 Å². The van der Waals surface area contributed by atoms with Gasteiger partial charge >= 0.3 is 5.97 Å². The Morgan fingerprint density at radius 1 is 1.38 bits per heavy atom. The third kappa shape index (κ3) is 3.47. The quantitative estimate of drug-likeness (QED) is 0.755. The van der Waals surface area contributed by atoms with Gasteiger partial charge in [0.2, 0.25) is 0 Å². The van der Waals surface area contributed by atoms with Gasteiger partial charge in [0, 0.05) is 12.3 Å². The highest BCUT2D eigenvalue weighted by molar-refractivity contribution is 6.17. The van der Waals surface area contributed by atoms with E-state index in [0.717, 1.165) is 11.1 Å². The van der Waals surface area contributed by atoms with Crippen molar-refractivity contribution in [3.63, 3.8) is 0 Å². The van der Waals surface area contributed by atoms with Crippen LogP contribution in [0.3, 0.4) is 0 Å². The molecule has 3 heteroatoms. The highest BCUT2D eigenvalue weighted by Gasteiger charge is 1.99. The molecule has 0 heterocycles. The monoisotopic (exact) mass is 198 g/mol. The van der Waals surface area contributed by atoms with Crippen LogP contribution in [-0.2, 0) is 17.1 Å². The average Bonchev–Trinajstić information content (AvgIpc) is 2.15. The van der Waals surface area contributed by atoms with Crippen LogP contribution < -0.4 is 0 Å². The van der Waals surface area contributed by atoms with Crippen LogP contribution in [0.5, 0.6) is 0 Å². The molecule has 2 nitrogen and oxygen atoms in total. The van der Waals surface area contributed by atoms with E-state index < -0.39 is 5.97 Å². The molecule has 0 saturated heterocycles. The number of alkyl halides is 1. The molecule has 1 aromatic rings. The fraction of sp³-hybridized carbons (Fsp3) is 0.300. The van der Waals surface area contributed by atoms with E-state index in [9.17, 15) is 4.79 Å². The van der Waals surface area contributed by atoms with Crippen LogP contribution >= 0.6 is 11.6 Å². The summed E-state index contributed by atoms with van der Waals surface area (Å²) >= 11 is 5.65. The Balaban J connectivity index is 2.61. The summed E-state index contributed by atoms with van der Waals surface area (Å²) in [7, 11) is 0. The molecule has 0 saturated carbocycles. The SMILES string of the molecule is O=C(O)CCc1cccc(CCl)c1. The minimum Gasteiger partial charge on any atom is -0.481 e. The molecule has 0 bridgehead atoms. The van der Waals surface area contributed by atoms with Crippen molar-refractivity contribution in [2.24, 2.45) is 0 Å². The van der Waals surface area contributed by atoms with Crippen LogP contribution in [0.15, 0.2) is 24.3 Å². The lowest BCUT2D eigenvalue weighted by molar-refractivity contribution is -0.136. The Morgan fingerprint density at radius 3 is 2.69 bits per heavy atom. The molecule has 1 rings (SSSR count). The van der Waals surface area contributed by atoms with Crippen LogP contribution in [0.1, 0.15) is 17.5 Å². The number of aliphatic carboxylic acids is 1. The van der Waals surface area contributed by atoms with Crippen LogP contribution in [0.25, 0.3) is 0 Å². The van der Waals surface area contributed by atoms with Crippen molar-refractivity contribution in [2.75, 3.05) is 0 Å². The summed E-state index contributed by atoms with van der Waals surface area (Å²) in [5.74, 6) is -0.294. The summed E-state index contributed by atoms with van der Waals surface area (Å²) in [5, 5.41) is 8.48. The molecule has 0 radical (unpaired) electrons. The molecule has 1 N–H and O–H groups in total. The van der Waals surface area contributed by atoms with E-state index in [-0.39, 0.29) is 6.42 Å². The molecular formula is C10H11ClO2. The van der Waals surface area contributed by atoms with Crippen molar-refractivity contribution in [3.8, 4) is 0 Å². The molecule has 0 spiro atoms. The normalized spacial score (nSPS) is 9.92. The zero-order chi connectivity index (χ0) is 9.68. The first-order valence-electron chi connectivity index (χ1n) is 4.08. The minimum absolute atomic E-state index is 0.172. The van der Waals surface area contributed by atoms with Gasteiger partial charge in [-0.3, -0.25) is 4.79 Å². The number of carboxylic acids is 1. The Bertz CT molecular complexity index is 297. The number of halogens is 1. The molecule has 0 aliphatic heterocycles. The topological polar surface area (TPSA) is 37.3 Å². The largest absolute Gasteiger partial charge is 0.481 e. The van der Waals surface area contributed by atoms with Crippen molar-refractivity contribution < 1.29 is 9.90 Å². The van der Waals surface area contributed by atoms with E-state index >= 15 is 0 Å². The summed E-state index contributed by atoms with van der Waals surface area (Å²) in [5.41, 5.74) is 2.06. The van der Waals surface area contributed by atoms with Crippen molar-refractivity contribution >= 4 is 17.6 Å². The van der Waals surface area contributed by atoms with Gasteiger partial charge in [0.05, 0.1) is 0 Å². The van der Waals surface area contributed by atoms with Gasteiger partial charge < -0.3 is 5.11 Å². The zero-order valence-electron chi connectivity index (χ0n) is 7.16. The Hall–Kier alpha value is -1.02. The highest BCUT2D eigenvalue weighted by atomic mass is 35.5. The third-order valence-corrected chi connectivity index (χ3v) is 2.08. The first-order chi connectivity index (χ1) is 6.22. The summed E-state index contributed by atoms with van der Waals surface area (Å²) in [6.07, 6.45) is 0.742. The van der Waals surface area contributed by atoms with Gasteiger partial charge in [0.15, 0.2) is 0 Å². The molecule has 13 heavy (non-hydrogen) atoms. The third-order valence-electron chi connectivity index (χ3n) is 1.77. The summed E-state index contributed by atoms with van der Waals surface area (Å²) in [6, 6.07) is 7.68. The number of carboxylic acid groups (broad SMARTS) is 1. The van der Waals surface area contributed by atoms with Gasteiger partial charge in [-0.25, -0.2) is 0 Å². The Morgan fingerprint density at radius 2 is 2.08 bits per heavy atom. The molecule has 0 unspecified atom stereocenters. The predicted octanol–water partition coefficient (Wildman–Crippen LogP) is 2.44. The maximum Gasteiger partial charge on any atom is 0.303 e. The molecule has 1 aromatic carbocycles. The zero-order valence-corrected chi connectivity index (χ0v) is 7.92. The average molecular weight is 199 g/mol. The molecular weight excluding hydrogens is 188 g/mol. The van der Waals surface area contributed by atoms with Crippen molar-refractivity contribution in [1.29, 1.82) is 0 Å². The van der Waals surface area contributed by atoms with Gasteiger partial charge in [-0.05, 0) is 17.5 Å². The molecule has 0 aliphatic carbocycles. The second-order valence-corrected chi connectivity index (χ2v) is 3.11. The second kappa shape index (κ2) is 4.87. The van der Waals surface area contributed by atoms with Crippen LogP contribution in [0.2, 0.25) is 0 Å². The minimum atomic E-state index is -0.767. The van der Waals surface area contributed by atoms with E-state index in [1.54, 1.807) is 0 Å². The maximum atomic E-state index is 10.3. The fourth-order valence-electron chi connectivity index (χ4n) is 1.12. The van der Waals surface area contributed by atoms with E-state index in [2.05, 4.69) is 0 Å². The summed E-state index contributed by atoms with van der Waals surface area (Å²) < 4.78 is 0. The molecule has 0 aromatic heterocycles. The van der Waals surface area contributed by atoms with E-state index in [1.807, 2.05) is 24.3 Å². The molecule has 0 fully saturated rings. The number of benzene rings is 1. The van der Waals surface area contributed by atoms with Gasteiger partial charge in [0.1, 0.15) is 0 Å². The lowest BCUT2D eigenvalue weighted by atomic mass is 10.1. The van der Waals surface area contributed by atoms with Gasteiger partial charge in [-0.1, -0.05) is 24.3 Å². The number of aryl methyl sites for hydroxylation is 1. The Kier molecular flexibility index (Phi) is 3.77. The van der Waals surface area contributed by atoms with Crippen molar-refractivity contribution in [2.45, 2.75) is 18.7 Å². The number of hydrogen-bond acceptors (Lipinski definition) is 1. The van der Waals surface area contributed by atoms with E-state index in [0.29, 0.717) is 12.3 Å². The van der Waals surface area contributed by atoms with Gasteiger partial charge in [-0.2, -0.15) is 0 Å². The van der Waals surface area contributed by atoms with Crippen LogP contribution in [-0.4, -0.2) is 11.1 Å². The molecule has 0 amide bonds. The first kappa shape index (κ1) is 10.1. The maximum absolute atomic E-state index is 10.3. The molecule has 70 valence electrons. The smallest absolute Gasteiger partial charge is 0.303 e. The summed E-state index contributed by atoms with van der Waals surface area (Å²) in [6.45, 7) is 0. The fourth-order valence-corrected chi connectivity index (χ4v) is 1.29. The van der Waals surface area contributed by atoms with E-state index in [4.69, 9.17) is 16.7 Å².